The van der Waals surface area contributed by atoms with Gasteiger partial charge in [-0.3, -0.25) is 4.79 Å². The highest BCUT2D eigenvalue weighted by molar-refractivity contribution is 6.33. The molecule has 1 fully saturated rings. The van der Waals surface area contributed by atoms with Crippen LogP contribution in [0.1, 0.15) is 19.3 Å². The molecule has 1 heterocycles. The van der Waals surface area contributed by atoms with E-state index in [4.69, 9.17) is 11.6 Å². The van der Waals surface area contributed by atoms with Gasteiger partial charge in [0.05, 0.1) is 10.7 Å². The zero-order valence-corrected chi connectivity index (χ0v) is 10.8. The van der Waals surface area contributed by atoms with Crippen LogP contribution in [0, 0.1) is 11.7 Å². The van der Waals surface area contributed by atoms with Crippen molar-refractivity contribution in [3.05, 3.63) is 29.0 Å². The minimum absolute atomic E-state index is 0.0775. The number of halogens is 2. The highest BCUT2D eigenvalue weighted by atomic mass is 35.5. The molecule has 1 aliphatic rings. The Kier molecular flexibility index (Phi) is 4.55. The van der Waals surface area contributed by atoms with E-state index in [0.717, 1.165) is 25.9 Å². The second kappa shape index (κ2) is 6.16. The van der Waals surface area contributed by atoms with Crippen molar-refractivity contribution in [3.63, 3.8) is 0 Å². The molecule has 1 aromatic rings. The van der Waals surface area contributed by atoms with E-state index in [9.17, 15) is 9.18 Å². The monoisotopic (exact) mass is 270 g/mol. The summed E-state index contributed by atoms with van der Waals surface area (Å²) in [5, 5.41) is 6.01. The predicted octanol–water partition coefficient (Wildman–Crippen LogP) is 2.81. The maximum Gasteiger partial charge on any atom is 0.224 e. The number of nitrogens with one attached hydrogen (secondary N) is 2. The number of hydrogen-bond donors (Lipinski definition) is 2. The number of anilines is 1. The average Bonchev–Trinajstić information content (AvgIpc) is 2.84. The van der Waals surface area contributed by atoms with Gasteiger partial charge in [0, 0.05) is 6.42 Å². The molecule has 1 aromatic carbocycles. The molecule has 2 N–H and O–H groups in total. The van der Waals surface area contributed by atoms with Crippen LogP contribution in [0.15, 0.2) is 18.2 Å². The summed E-state index contributed by atoms with van der Waals surface area (Å²) in [5.74, 6) is -0.140. The van der Waals surface area contributed by atoms with Crippen LogP contribution in [0.3, 0.4) is 0 Å². The maximum atomic E-state index is 13.4. The fraction of sp³-hybridized carbons (Fsp3) is 0.462. The number of para-hydroxylation sites is 1. The molecule has 3 nitrogen and oxygen atoms in total. The Morgan fingerprint density at radius 1 is 1.56 bits per heavy atom. The number of hydrogen-bond acceptors (Lipinski definition) is 2. The van der Waals surface area contributed by atoms with E-state index < -0.39 is 5.82 Å². The molecule has 0 radical (unpaired) electrons. The van der Waals surface area contributed by atoms with Crippen LogP contribution in [0.2, 0.25) is 5.02 Å². The highest BCUT2D eigenvalue weighted by Crippen LogP contribution is 2.25. The average molecular weight is 271 g/mol. The standard InChI is InChI=1S/C13H16ClFN2O/c14-10-2-1-3-11(15)13(10)17-12(18)5-4-9-6-7-16-8-9/h1-3,9,16H,4-8H2,(H,17,18). The van der Waals surface area contributed by atoms with E-state index >= 15 is 0 Å². The molecule has 1 aliphatic heterocycles. The fourth-order valence-corrected chi connectivity index (χ4v) is 2.33. The molecular formula is C13H16ClFN2O. The van der Waals surface area contributed by atoms with Crippen molar-refractivity contribution in [2.45, 2.75) is 19.3 Å². The number of rotatable bonds is 4. The van der Waals surface area contributed by atoms with Gasteiger partial charge in [-0.15, -0.1) is 0 Å². The lowest BCUT2D eigenvalue weighted by Crippen LogP contribution is -2.15. The van der Waals surface area contributed by atoms with Crippen LogP contribution < -0.4 is 10.6 Å². The third-order valence-electron chi connectivity index (χ3n) is 3.17. The first-order valence-corrected chi connectivity index (χ1v) is 6.49. The maximum absolute atomic E-state index is 13.4. The molecule has 1 saturated heterocycles. The van der Waals surface area contributed by atoms with Crippen LogP contribution in [0.4, 0.5) is 10.1 Å². The highest BCUT2D eigenvalue weighted by Gasteiger charge is 2.16. The van der Waals surface area contributed by atoms with Gasteiger partial charge >= 0.3 is 0 Å². The molecule has 98 valence electrons. The van der Waals surface area contributed by atoms with Gasteiger partial charge in [0.1, 0.15) is 5.82 Å². The molecule has 18 heavy (non-hydrogen) atoms. The molecule has 5 heteroatoms. The molecule has 0 bridgehead atoms. The molecule has 1 unspecified atom stereocenters. The Bertz CT molecular complexity index is 413. The second-order valence-electron chi connectivity index (χ2n) is 4.54. The lowest BCUT2D eigenvalue weighted by atomic mass is 10.0. The van der Waals surface area contributed by atoms with Gasteiger partial charge in [0.25, 0.3) is 0 Å². The van der Waals surface area contributed by atoms with Crippen LogP contribution in [-0.4, -0.2) is 19.0 Å². The first-order valence-electron chi connectivity index (χ1n) is 6.11. The summed E-state index contributed by atoms with van der Waals surface area (Å²) in [7, 11) is 0. The Morgan fingerprint density at radius 2 is 2.39 bits per heavy atom. The zero-order chi connectivity index (χ0) is 13.0. The fourth-order valence-electron chi connectivity index (χ4n) is 2.12. The van der Waals surface area contributed by atoms with Gasteiger partial charge in [-0.2, -0.15) is 0 Å². The van der Waals surface area contributed by atoms with Crippen molar-refractivity contribution < 1.29 is 9.18 Å². The van der Waals surface area contributed by atoms with Gasteiger partial charge in [-0.1, -0.05) is 17.7 Å². The molecule has 0 aromatic heterocycles. The smallest absolute Gasteiger partial charge is 0.224 e. The first-order chi connectivity index (χ1) is 8.66. The summed E-state index contributed by atoms with van der Waals surface area (Å²) in [6.07, 6.45) is 2.33. The van der Waals surface area contributed by atoms with Crippen molar-refractivity contribution in [1.29, 1.82) is 0 Å². The Hall–Kier alpha value is -1.13. The summed E-state index contributed by atoms with van der Waals surface area (Å²) in [6.45, 7) is 1.99. The Morgan fingerprint density at radius 3 is 3.06 bits per heavy atom. The van der Waals surface area contributed by atoms with Crippen LogP contribution in [-0.2, 0) is 4.79 Å². The summed E-state index contributed by atoms with van der Waals surface area (Å²) >= 11 is 5.84. The molecule has 1 amide bonds. The Balaban J connectivity index is 1.86. The van der Waals surface area contributed by atoms with Crippen molar-refractivity contribution in [2.75, 3.05) is 18.4 Å². The lowest BCUT2D eigenvalue weighted by Gasteiger charge is -2.10. The second-order valence-corrected chi connectivity index (χ2v) is 4.95. The van der Waals surface area contributed by atoms with Gasteiger partial charge in [-0.25, -0.2) is 4.39 Å². The molecule has 2 rings (SSSR count). The van der Waals surface area contributed by atoms with E-state index in [-0.39, 0.29) is 16.6 Å². The summed E-state index contributed by atoms with van der Waals surface area (Å²) in [6, 6.07) is 4.35. The largest absolute Gasteiger partial charge is 0.322 e. The van der Waals surface area contributed by atoms with Crippen LogP contribution in [0.5, 0.6) is 0 Å². The third-order valence-corrected chi connectivity index (χ3v) is 3.48. The van der Waals surface area contributed by atoms with E-state index in [1.54, 1.807) is 6.07 Å². The van der Waals surface area contributed by atoms with Gasteiger partial charge in [0.2, 0.25) is 5.91 Å². The normalized spacial score (nSPS) is 18.9. The lowest BCUT2D eigenvalue weighted by molar-refractivity contribution is -0.116. The minimum atomic E-state index is -0.501. The quantitative estimate of drug-likeness (QED) is 0.883. The number of benzene rings is 1. The van der Waals surface area contributed by atoms with E-state index in [0.29, 0.717) is 12.3 Å². The van der Waals surface area contributed by atoms with E-state index in [2.05, 4.69) is 10.6 Å². The molecule has 0 saturated carbocycles. The molecule has 0 spiro atoms. The zero-order valence-electron chi connectivity index (χ0n) is 10.0. The summed E-state index contributed by atoms with van der Waals surface area (Å²) in [5.41, 5.74) is 0.0775. The van der Waals surface area contributed by atoms with E-state index in [1.165, 1.54) is 12.1 Å². The SMILES string of the molecule is O=C(CCC1CCNC1)Nc1c(F)cccc1Cl. The number of carbonyl (C=O) groups excluding carboxylic acids is 1. The van der Waals surface area contributed by atoms with Crippen LogP contribution >= 0.6 is 11.6 Å². The molecule has 1 atom stereocenters. The minimum Gasteiger partial charge on any atom is -0.322 e. The van der Waals surface area contributed by atoms with Gasteiger partial charge < -0.3 is 10.6 Å². The van der Waals surface area contributed by atoms with Crippen molar-refractivity contribution in [3.8, 4) is 0 Å². The predicted molar refractivity (Wildman–Crippen MR) is 70.3 cm³/mol. The molecular weight excluding hydrogens is 255 g/mol. The third kappa shape index (κ3) is 3.43. The molecule has 0 aliphatic carbocycles. The number of amides is 1. The van der Waals surface area contributed by atoms with Gasteiger partial charge in [0.15, 0.2) is 0 Å². The van der Waals surface area contributed by atoms with E-state index in [1.807, 2.05) is 0 Å². The summed E-state index contributed by atoms with van der Waals surface area (Å²) < 4.78 is 13.4. The number of carbonyl (C=O) groups is 1. The first kappa shape index (κ1) is 13.3. The Labute approximate surface area is 111 Å². The topological polar surface area (TPSA) is 41.1 Å². The van der Waals surface area contributed by atoms with Crippen LogP contribution in [0.25, 0.3) is 0 Å². The summed E-state index contributed by atoms with van der Waals surface area (Å²) in [4.78, 5) is 11.7. The van der Waals surface area contributed by atoms with Crippen molar-refractivity contribution in [1.82, 2.24) is 5.32 Å². The van der Waals surface area contributed by atoms with Crippen molar-refractivity contribution >= 4 is 23.2 Å². The van der Waals surface area contributed by atoms with Crippen molar-refractivity contribution in [2.24, 2.45) is 5.92 Å². The van der Waals surface area contributed by atoms with Gasteiger partial charge in [-0.05, 0) is 44.0 Å².